The van der Waals surface area contributed by atoms with Crippen molar-refractivity contribution in [2.24, 2.45) is 5.92 Å². The zero-order chi connectivity index (χ0) is 10.0. The number of hydrogen-bond donors (Lipinski definition) is 0. The molecule has 13 heavy (non-hydrogen) atoms. The van der Waals surface area contributed by atoms with Crippen LogP contribution in [0.4, 0.5) is 0 Å². The van der Waals surface area contributed by atoms with E-state index >= 15 is 0 Å². The minimum Gasteiger partial charge on any atom is -0.349 e. The van der Waals surface area contributed by atoms with Crippen LogP contribution in [-0.4, -0.2) is 48.9 Å². The van der Waals surface area contributed by atoms with Crippen molar-refractivity contribution in [3.8, 4) is 0 Å². The van der Waals surface area contributed by atoms with Crippen molar-refractivity contribution in [1.82, 2.24) is 9.80 Å². The highest BCUT2D eigenvalue weighted by Gasteiger charge is 2.30. The van der Waals surface area contributed by atoms with Crippen LogP contribution in [0.2, 0.25) is 0 Å². The molecule has 76 valence electrons. The van der Waals surface area contributed by atoms with Gasteiger partial charge < -0.3 is 9.80 Å². The molecule has 0 bridgehead atoms. The van der Waals surface area contributed by atoms with E-state index in [1.807, 2.05) is 14.1 Å². The predicted molar refractivity (Wildman–Crippen MR) is 53.5 cm³/mol. The van der Waals surface area contributed by atoms with Gasteiger partial charge in [0.15, 0.2) is 0 Å². The van der Waals surface area contributed by atoms with Gasteiger partial charge in [0.2, 0.25) is 5.91 Å². The fourth-order valence-corrected chi connectivity index (χ4v) is 1.82. The lowest BCUT2D eigenvalue weighted by molar-refractivity contribution is -0.132. The molecule has 0 saturated carbocycles. The zero-order valence-corrected chi connectivity index (χ0v) is 9.08. The van der Waals surface area contributed by atoms with Gasteiger partial charge in [-0.15, -0.1) is 0 Å². The third kappa shape index (κ3) is 2.44. The minimum absolute atomic E-state index is 0.234. The molecular formula is C10H20N2O. The smallest absolute Gasteiger partial charge is 0.226 e. The van der Waals surface area contributed by atoms with Gasteiger partial charge in [0.25, 0.3) is 0 Å². The summed E-state index contributed by atoms with van der Waals surface area (Å²) in [5.74, 6) is 0.514. The van der Waals surface area contributed by atoms with E-state index < -0.39 is 0 Å². The van der Waals surface area contributed by atoms with Gasteiger partial charge in [-0.05, 0) is 26.8 Å². The maximum Gasteiger partial charge on any atom is 0.226 e. The van der Waals surface area contributed by atoms with Crippen molar-refractivity contribution in [3.63, 3.8) is 0 Å². The molecule has 3 nitrogen and oxygen atoms in total. The van der Waals surface area contributed by atoms with Gasteiger partial charge in [-0.1, -0.05) is 0 Å². The lowest BCUT2D eigenvalue weighted by atomic mass is 10.1. The average Bonchev–Trinajstić information content (AvgIpc) is 2.50. The molecule has 0 aromatic heterocycles. The Morgan fingerprint density at radius 1 is 1.46 bits per heavy atom. The second kappa shape index (κ2) is 4.09. The van der Waals surface area contributed by atoms with Gasteiger partial charge in [-0.25, -0.2) is 0 Å². The van der Waals surface area contributed by atoms with Crippen molar-refractivity contribution in [1.29, 1.82) is 0 Å². The molecule has 0 aliphatic carbocycles. The van der Waals surface area contributed by atoms with Crippen molar-refractivity contribution < 1.29 is 4.79 Å². The van der Waals surface area contributed by atoms with Gasteiger partial charge in [-0.2, -0.15) is 0 Å². The Kier molecular flexibility index (Phi) is 3.31. The van der Waals surface area contributed by atoms with E-state index in [1.165, 1.54) is 0 Å². The molecule has 1 amide bonds. The molecule has 1 saturated heterocycles. The lowest BCUT2D eigenvalue weighted by Gasteiger charge is -2.21. The summed E-state index contributed by atoms with van der Waals surface area (Å²) < 4.78 is 0. The van der Waals surface area contributed by atoms with Crippen LogP contribution in [0.15, 0.2) is 0 Å². The first-order chi connectivity index (χ1) is 6.02. The van der Waals surface area contributed by atoms with Crippen LogP contribution >= 0.6 is 0 Å². The molecule has 1 unspecified atom stereocenters. The molecule has 1 rings (SSSR count). The first kappa shape index (κ1) is 10.5. The normalized spacial score (nSPS) is 23.9. The molecule has 1 aliphatic rings. The third-order valence-electron chi connectivity index (χ3n) is 2.74. The van der Waals surface area contributed by atoms with E-state index in [9.17, 15) is 4.79 Å². The maximum atomic E-state index is 11.6. The summed E-state index contributed by atoms with van der Waals surface area (Å²) in [6.45, 7) is 6.38. The molecule has 3 heteroatoms. The molecule has 0 aromatic rings. The summed E-state index contributed by atoms with van der Waals surface area (Å²) in [7, 11) is 3.67. The van der Waals surface area contributed by atoms with Crippen molar-refractivity contribution >= 4 is 5.91 Å². The molecular weight excluding hydrogens is 164 g/mol. The fraction of sp³-hybridized carbons (Fsp3) is 0.900. The van der Waals surface area contributed by atoms with Crippen molar-refractivity contribution in [2.45, 2.75) is 26.3 Å². The fourth-order valence-electron chi connectivity index (χ4n) is 1.82. The highest BCUT2D eigenvalue weighted by atomic mass is 16.2. The van der Waals surface area contributed by atoms with Gasteiger partial charge in [0.1, 0.15) is 0 Å². The Morgan fingerprint density at radius 3 is 2.46 bits per heavy atom. The molecule has 0 aromatic carbocycles. The Bertz CT molecular complexity index is 189. The Hall–Kier alpha value is -0.570. The quantitative estimate of drug-likeness (QED) is 0.634. The van der Waals surface area contributed by atoms with Crippen LogP contribution in [-0.2, 0) is 4.79 Å². The molecule has 0 N–H and O–H groups in total. The van der Waals surface area contributed by atoms with Crippen molar-refractivity contribution in [3.05, 3.63) is 0 Å². The number of rotatable bonds is 2. The van der Waals surface area contributed by atoms with Crippen LogP contribution in [0.25, 0.3) is 0 Å². The summed E-state index contributed by atoms with van der Waals surface area (Å²) in [5.41, 5.74) is 0. The second-order valence-electron chi connectivity index (χ2n) is 4.31. The Morgan fingerprint density at radius 2 is 2.08 bits per heavy atom. The third-order valence-corrected chi connectivity index (χ3v) is 2.74. The SMILES string of the molecule is CC(C)N1CCC(C(=O)N(C)C)C1. The van der Waals surface area contributed by atoms with Crippen LogP contribution in [0.3, 0.4) is 0 Å². The predicted octanol–water partition coefficient (Wildman–Crippen LogP) is 0.805. The van der Waals surface area contributed by atoms with Crippen molar-refractivity contribution in [2.75, 3.05) is 27.2 Å². The zero-order valence-electron chi connectivity index (χ0n) is 9.08. The first-order valence-electron chi connectivity index (χ1n) is 4.97. The number of amides is 1. The number of likely N-dealkylation sites (tertiary alicyclic amines) is 1. The van der Waals surface area contributed by atoms with Crippen LogP contribution in [0.5, 0.6) is 0 Å². The standard InChI is InChI=1S/C10H20N2O/c1-8(2)12-6-5-9(7-12)10(13)11(3)4/h8-9H,5-7H2,1-4H3. The van der Waals surface area contributed by atoms with Crippen LogP contribution in [0, 0.1) is 5.92 Å². The number of nitrogens with zero attached hydrogens (tertiary/aromatic N) is 2. The minimum atomic E-state index is 0.234. The van der Waals surface area contributed by atoms with Gasteiger partial charge in [0.05, 0.1) is 5.92 Å². The van der Waals surface area contributed by atoms with E-state index in [4.69, 9.17) is 0 Å². The molecule has 1 fully saturated rings. The Labute approximate surface area is 80.7 Å². The Balaban J connectivity index is 2.45. The maximum absolute atomic E-state index is 11.6. The number of hydrogen-bond acceptors (Lipinski definition) is 2. The van der Waals surface area contributed by atoms with Gasteiger partial charge in [-0.3, -0.25) is 4.79 Å². The highest BCUT2D eigenvalue weighted by Crippen LogP contribution is 2.19. The molecule has 1 atom stereocenters. The molecule has 1 heterocycles. The number of carbonyl (C=O) groups is 1. The lowest BCUT2D eigenvalue weighted by Crippen LogP contribution is -2.33. The summed E-state index contributed by atoms with van der Waals surface area (Å²) in [6.07, 6.45) is 1.02. The van der Waals surface area contributed by atoms with E-state index in [0.29, 0.717) is 6.04 Å². The average molecular weight is 184 g/mol. The monoisotopic (exact) mass is 184 g/mol. The second-order valence-corrected chi connectivity index (χ2v) is 4.31. The highest BCUT2D eigenvalue weighted by molar-refractivity contribution is 5.78. The molecule has 0 radical (unpaired) electrons. The summed E-state index contributed by atoms with van der Waals surface area (Å²) >= 11 is 0. The van der Waals surface area contributed by atoms with Gasteiger partial charge >= 0.3 is 0 Å². The van der Waals surface area contributed by atoms with E-state index in [0.717, 1.165) is 19.5 Å². The molecule has 1 aliphatic heterocycles. The van der Waals surface area contributed by atoms with E-state index in [1.54, 1.807) is 4.90 Å². The van der Waals surface area contributed by atoms with Crippen LogP contribution < -0.4 is 0 Å². The summed E-state index contributed by atoms with van der Waals surface area (Å²) in [5, 5.41) is 0. The van der Waals surface area contributed by atoms with Gasteiger partial charge in [0, 0.05) is 26.7 Å². The number of carbonyl (C=O) groups excluding carboxylic acids is 1. The van der Waals surface area contributed by atoms with E-state index in [2.05, 4.69) is 18.7 Å². The largest absolute Gasteiger partial charge is 0.349 e. The topological polar surface area (TPSA) is 23.6 Å². The first-order valence-corrected chi connectivity index (χ1v) is 4.97. The molecule has 0 spiro atoms. The summed E-state index contributed by atoms with van der Waals surface area (Å²) in [6, 6.07) is 0.569. The van der Waals surface area contributed by atoms with Crippen LogP contribution in [0.1, 0.15) is 20.3 Å². The van der Waals surface area contributed by atoms with E-state index in [-0.39, 0.29) is 11.8 Å². The summed E-state index contributed by atoms with van der Waals surface area (Å²) in [4.78, 5) is 15.7.